The minimum Gasteiger partial charge on any atom is -0.491 e. The van der Waals surface area contributed by atoms with E-state index < -0.39 is 12.0 Å². The summed E-state index contributed by atoms with van der Waals surface area (Å²) < 4.78 is 10.4. The third-order valence-corrected chi connectivity index (χ3v) is 2.70. The Morgan fingerprint density at radius 2 is 2.05 bits per heavy atom. The van der Waals surface area contributed by atoms with Crippen LogP contribution in [-0.2, 0) is 9.53 Å². The van der Waals surface area contributed by atoms with E-state index in [1.54, 1.807) is 25.1 Å². The summed E-state index contributed by atoms with van der Waals surface area (Å²) in [5, 5.41) is 5.05. The van der Waals surface area contributed by atoms with Gasteiger partial charge in [-0.1, -0.05) is 13.0 Å². The van der Waals surface area contributed by atoms with Crippen molar-refractivity contribution in [1.29, 1.82) is 0 Å². The van der Waals surface area contributed by atoms with Crippen LogP contribution in [0, 0.1) is 0 Å². The lowest BCUT2D eigenvalue weighted by atomic mass is 10.3. The zero-order valence-electron chi connectivity index (χ0n) is 12.6. The van der Waals surface area contributed by atoms with Gasteiger partial charge in [-0.3, -0.25) is 4.79 Å². The van der Waals surface area contributed by atoms with E-state index in [9.17, 15) is 9.59 Å². The van der Waals surface area contributed by atoms with E-state index in [1.165, 1.54) is 0 Å². The molecule has 0 aliphatic carbocycles. The number of hydrogen-bond donors (Lipinski definition) is 2. The Morgan fingerprint density at radius 1 is 1.29 bits per heavy atom. The standard InChI is InChI=1S/C15H22N2O4/c1-4-11(3)21-13-8-6-7-12(9-13)17-15(19)16-10-14(18)20-5-2/h6-9,11H,4-5,10H2,1-3H3,(H2,16,17,19). The van der Waals surface area contributed by atoms with Crippen LogP contribution in [0.2, 0.25) is 0 Å². The quantitative estimate of drug-likeness (QED) is 0.758. The molecule has 6 heteroatoms. The highest BCUT2D eigenvalue weighted by atomic mass is 16.5. The van der Waals surface area contributed by atoms with Crippen molar-refractivity contribution in [1.82, 2.24) is 5.32 Å². The summed E-state index contributed by atoms with van der Waals surface area (Å²) in [7, 11) is 0. The molecule has 0 spiro atoms. The van der Waals surface area contributed by atoms with Gasteiger partial charge in [0.15, 0.2) is 0 Å². The normalized spacial score (nSPS) is 11.4. The predicted octanol–water partition coefficient (Wildman–Crippen LogP) is 2.55. The van der Waals surface area contributed by atoms with Crippen LogP contribution in [0.4, 0.5) is 10.5 Å². The fraction of sp³-hybridized carbons (Fsp3) is 0.467. The molecule has 116 valence electrons. The van der Waals surface area contributed by atoms with Crippen molar-refractivity contribution in [2.45, 2.75) is 33.3 Å². The molecule has 0 aromatic heterocycles. The summed E-state index contributed by atoms with van der Waals surface area (Å²) >= 11 is 0. The van der Waals surface area contributed by atoms with Crippen LogP contribution in [-0.4, -0.2) is 31.3 Å². The van der Waals surface area contributed by atoms with Crippen LogP contribution in [0.5, 0.6) is 5.75 Å². The lowest BCUT2D eigenvalue weighted by Gasteiger charge is -2.13. The molecule has 1 aromatic carbocycles. The van der Waals surface area contributed by atoms with Crippen LogP contribution in [0.25, 0.3) is 0 Å². The molecule has 0 aliphatic rings. The Bertz CT molecular complexity index is 476. The number of amides is 2. The summed E-state index contributed by atoms with van der Waals surface area (Å²) in [5.41, 5.74) is 0.595. The molecule has 2 N–H and O–H groups in total. The zero-order chi connectivity index (χ0) is 15.7. The molecule has 1 atom stereocenters. The number of benzene rings is 1. The highest BCUT2D eigenvalue weighted by Gasteiger charge is 2.07. The molecule has 0 saturated heterocycles. The Morgan fingerprint density at radius 3 is 2.71 bits per heavy atom. The number of esters is 1. The van der Waals surface area contributed by atoms with Crippen LogP contribution in [0.15, 0.2) is 24.3 Å². The lowest BCUT2D eigenvalue weighted by molar-refractivity contribution is -0.141. The van der Waals surface area contributed by atoms with Gasteiger partial charge < -0.3 is 20.1 Å². The number of carbonyl (C=O) groups excluding carboxylic acids is 2. The molecule has 0 heterocycles. The van der Waals surface area contributed by atoms with Crippen molar-refractivity contribution in [2.75, 3.05) is 18.5 Å². The van der Waals surface area contributed by atoms with Gasteiger partial charge in [-0.2, -0.15) is 0 Å². The van der Waals surface area contributed by atoms with Crippen molar-refractivity contribution in [3.05, 3.63) is 24.3 Å². The van der Waals surface area contributed by atoms with Gasteiger partial charge in [-0.25, -0.2) is 4.79 Å². The third-order valence-electron chi connectivity index (χ3n) is 2.70. The lowest BCUT2D eigenvalue weighted by Crippen LogP contribution is -2.34. The maximum atomic E-state index is 11.6. The molecule has 1 rings (SSSR count). The molecule has 0 aliphatic heterocycles. The molecule has 0 fully saturated rings. The molecular weight excluding hydrogens is 272 g/mol. The van der Waals surface area contributed by atoms with E-state index >= 15 is 0 Å². The second kappa shape index (κ2) is 8.84. The summed E-state index contributed by atoms with van der Waals surface area (Å²) in [5.74, 6) is 0.217. The Labute approximate surface area is 124 Å². The van der Waals surface area contributed by atoms with E-state index in [-0.39, 0.29) is 19.3 Å². The molecule has 0 radical (unpaired) electrons. The van der Waals surface area contributed by atoms with Gasteiger partial charge in [-0.05, 0) is 32.4 Å². The SMILES string of the molecule is CCOC(=O)CNC(=O)Nc1cccc(OC(C)CC)c1. The molecule has 0 saturated carbocycles. The Balaban J connectivity index is 2.48. The Kier molecular flexibility index (Phi) is 7.08. The van der Waals surface area contributed by atoms with E-state index in [1.807, 2.05) is 19.9 Å². The van der Waals surface area contributed by atoms with Gasteiger partial charge >= 0.3 is 12.0 Å². The number of carbonyl (C=O) groups is 2. The number of hydrogen-bond acceptors (Lipinski definition) is 4. The summed E-state index contributed by atoms with van der Waals surface area (Å²) in [4.78, 5) is 22.8. The van der Waals surface area contributed by atoms with Crippen LogP contribution in [0.1, 0.15) is 27.2 Å². The average molecular weight is 294 g/mol. The van der Waals surface area contributed by atoms with Crippen LogP contribution < -0.4 is 15.4 Å². The third kappa shape index (κ3) is 6.65. The number of anilines is 1. The predicted molar refractivity (Wildman–Crippen MR) is 80.5 cm³/mol. The zero-order valence-corrected chi connectivity index (χ0v) is 12.6. The van der Waals surface area contributed by atoms with Gasteiger partial charge in [0.1, 0.15) is 12.3 Å². The summed E-state index contributed by atoms with van der Waals surface area (Å²) in [6, 6.07) is 6.62. The van der Waals surface area contributed by atoms with Gasteiger partial charge in [0.05, 0.1) is 12.7 Å². The van der Waals surface area contributed by atoms with Crippen molar-refractivity contribution < 1.29 is 19.1 Å². The summed E-state index contributed by atoms with van der Waals surface area (Å²) in [6.45, 7) is 5.85. The Hall–Kier alpha value is -2.24. The minimum absolute atomic E-state index is 0.109. The van der Waals surface area contributed by atoms with E-state index in [0.29, 0.717) is 11.4 Å². The van der Waals surface area contributed by atoms with Crippen molar-refractivity contribution in [3.8, 4) is 5.75 Å². The number of urea groups is 1. The topological polar surface area (TPSA) is 76.7 Å². The van der Waals surface area contributed by atoms with Crippen LogP contribution >= 0.6 is 0 Å². The number of rotatable bonds is 7. The van der Waals surface area contributed by atoms with E-state index in [2.05, 4.69) is 10.6 Å². The molecule has 0 bridgehead atoms. The van der Waals surface area contributed by atoms with E-state index in [0.717, 1.165) is 6.42 Å². The van der Waals surface area contributed by atoms with Gasteiger partial charge in [0, 0.05) is 11.8 Å². The maximum absolute atomic E-state index is 11.6. The van der Waals surface area contributed by atoms with Gasteiger partial charge in [0.2, 0.25) is 0 Å². The molecule has 1 unspecified atom stereocenters. The first-order valence-corrected chi connectivity index (χ1v) is 7.02. The molecule has 6 nitrogen and oxygen atoms in total. The van der Waals surface area contributed by atoms with E-state index in [4.69, 9.17) is 9.47 Å². The van der Waals surface area contributed by atoms with Crippen molar-refractivity contribution in [3.63, 3.8) is 0 Å². The monoisotopic (exact) mass is 294 g/mol. The number of ether oxygens (including phenoxy) is 2. The van der Waals surface area contributed by atoms with Crippen LogP contribution in [0.3, 0.4) is 0 Å². The molecule has 2 amide bonds. The fourth-order valence-electron chi connectivity index (χ4n) is 1.50. The second-order valence-corrected chi connectivity index (χ2v) is 4.48. The largest absolute Gasteiger partial charge is 0.491 e. The molecular formula is C15H22N2O4. The first kappa shape index (κ1) is 16.8. The maximum Gasteiger partial charge on any atom is 0.325 e. The average Bonchev–Trinajstić information content (AvgIpc) is 2.45. The first-order valence-electron chi connectivity index (χ1n) is 7.02. The first-order chi connectivity index (χ1) is 10.0. The molecule has 1 aromatic rings. The van der Waals surface area contributed by atoms with Gasteiger partial charge in [0.25, 0.3) is 0 Å². The number of nitrogens with one attached hydrogen (secondary N) is 2. The second-order valence-electron chi connectivity index (χ2n) is 4.48. The van der Waals surface area contributed by atoms with Gasteiger partial charge in [-0.15, -0.1) is 0 Å². The highest BCUT2D eigenvalue weighted by molar-refractivity contribution is 5.91. The minimum atomic E-state index is -0.471. The fourth-order valence-corrected chi connectivity index (χ4v) is 1.50. The van der Waals surface area contributed by atoms with Crippen molar-refractivity contribution in [2.24, 2.45) is 0 Å². The summed E-state index contributed by atoms with van der Waals surface area (Å²) in [6.07, 6.45) is 1.01. The highest BCUT2D eigenvalue weighted by Crippen LogP contribution is 2.19. The van der Waals surface area contributed by atoms with Crippen molar-refractivity contribution >= 4 is 17.7 Å². The molecule has 21 heavy (non-hydrogen) atoms. The smallest absolute Gasteiger partial charge is 0.325 e.